The van der Waals surface area contributed by atoms with Crippen molar-refractivity contribution < 1.29 is 28.6 Å². The third kappa shape index (κ3) is 3.79. The molecule has 0 radical (unpaired) electrons. The van der Waals surface area contributed by atoms with Gasteiger partial charge in [-0.2, -0.15) is 0 Å². The summed E-state index contributed by atoms with van der Waals surface area (Å²) in [7, 11) is 0. The van der Waals surface area contributed by atoms with Crippen molar-refractivity contribution in [3.8, 4) is 0 Å². The lowest BCUT2D eigenvalue weighted by molar-refractivity contribution is -0.135. The third-order valence-electron chi connectivity index (χ3n) is 2.68. The highest BCUT2D eigenvalue weighted by atomic mass is 19.1. The first-order valence-corrected chi connectivity index (χ1v) is 5.97. The number of rotatable bonds is 5. The first-order chi connectivity index (χ1) is 9.95. The Labute approximate surface area is 118 Å². The standard InChI is InChI=1S/C15H11FO5/c16-10-3-1-9(2-4-10)7-11-5-6-14(21-11)12(17)8-13(18)15(19)20/h1-6,8,18H,7H2,(H,19,20). The normalized spacial score (nSPS) is 11.4. The first kappa shape index (κ1) is 14.5. The maximum Gasteiger partial charge on any atom is 0.371 e. The molecule has 5 nitrogen and oxygen atoms in total. The number of hydrogen-bond donors (Lipinski definition) is 2. The topological polar surface area (TPSA) is 87.7 Å². The molecule has 0 spiro atoms. The zero-order valence-corrected chi connectivity index (χ0v) is 10.7. The Morgan fingerprint density at radius 2 is 1.76 bits per heavy atom. The van der Waals surface area contributed by atoms with E-state index in [1.807, 2.05) is 0 Å². The van der Waals surface area contributed by atoms with Crippen molar-refractivity contribution in [3.63, 3.8) is 0 Å². The van der Waals surface area contributed by atoms with Gasteiger partial charge in [-0.3, -0.25) is 4.79 Å². The number of carbonyl (C=O) groups is 2. The van der Waals surface area contributed by atoms with Crippen LogP contribution in [-0.4, -0.2) is 22.0 Å². The number of furan rings is 1. The fourth-order valence-electron chi connectivity index (χ4n) is 1.67. The van der Waals surface area contributed by atoms with Gasteiger partial charge in [0.05, 0.1) is 0 Å². The van der Waals surface area contributed by atoms with Gasteiger partial charge >= 0.3 is 5.97 Å². The van der Waals surface area contributed by atoms with E-state index in [9.17, 15) is 14.0 Å². The molecule has 0 unspecified atom stereocenters. The molecular weight excluding hydrogens is 279 g/mol. The Kier molecular flexibility index (Phi) is 4.18. The number of ketones is 1. The van der Waals surface area contributed by atoms with Crippen LogP contribution < -0.4 is 0 Å². The predicted octanol–water partition coefficient (Wildman–Crippen LogP) is 2.72. The minimum absolute atomic E-state index is 0.0834. The second-order valence-corrected chi connectivity index (χ2v) is 4.27. The molecule has 0 fully saturated rings. The van der Waals surface area contributed by atoms with Gasteiger partial charge in [0.25, 0.3) is 0 Å². The minimum atomic E-state index is -1.60. The van der Waals surface area contributed by atoms with Crippen molar-refractivity contribution >= 4 is 11.8 Å². The number of aliphatic hydroxyl groups is 1. The van der Waals surface area contributed by atoms with Crippen LogP contribution in [0.5, 0.6) is 0 Å². The lowest BCUT2D eigenvalue weighted by Crippen LogP contribution is -2.03. The molecule has 1 aromatic carbocycles. The van der Waals surface area contributed by atoms with E-state index in [2.05, 4.69) is 0 Å². The van der Waals surface area contributed by atoms with Gasteiger partial charge < -0.3 is 14.6 Å². The summed E-state index contributed by atoms with van der Waals surface area (Å²) < 4.78 is 18.0. The van der Waals surface area contributed by atoms with Crippen LogP contribution in [-0.2, 0) is 11.2 Å². The molecule has 6 heteroatoms. The molecular formula is C15H11FO5. The summed E-state index contributed by atoms with van der Waals surface area (Å²) in [4.78, 5) is 22.0. The number of hydrogen-bond acceptors (Lipinski definition) is 4. The summed E-state index contributed by atoms with van der Waals surface area (Å²) >= 11 is 0. The number of carboxylic acids is 1. The van der Waals surface area contributed by atoms with E-state index in [0.717, 1.165) is 5.56 Å². The second kappa shape index (κ2) is 6.04. The van der Waals surface area contributed by atoms with Gasteiger partial charge in [-0.1, -0.05) is 12.1 Å². The van der Waals surface area contributed by atoms with Crippen molar-refractivity contribution in [2.75, 3.05) is 0 Å². The summed E-state index contributed by atoms with van der Waals surface area (Å²) in [5, 5.41) is 17.5. The zero-order valence-electron chi connectivity index (χ0n) is 10.7. The molecule has 0 aliphatic carbocycles. The van der Waals surface area contributed by atoms with E-state index in [0.29, 0.717) is 18.3 Å². The third-order valence-corrected chi connectivity index (χ3v) is 2.68. The van der Waals surface area contributed by atoms with Crippen molar-refractivity contribution in [3.05, 3.63) is 71.1 Å². The molecule has 2 aromatic rings. The summed E-state index contributed by atoms with van der Waals surface area (Å²) in [5.74, 6) is -3.37. The number of benzene rings is 1. The molecule has 0 aliphatic heterocycles. The van der Waals surface area contributed by atoms with E-state index in [4.69, 9.17) is 14.6 Å². The highest BCUT2D eigenvalue weighted by molar-refractivity contribution is 6.06. The van der Waals surface area contributed by atoms with Crippen LogP contribution in [0.15, 0.2) is 52.7 Å². The van der Waals surface area contributed by atoms with E-state index in [-0.39, 0.29) is 11.6 Å². The summed E-state index contributed by atoms with van der Waals surface area (Å²) in [6.45, 7) is 0. The monoisotopic (exact) mass is 290 g/mol. The Bertz CT molecular complexity index is 697. The van der Waals surface area contributed by atoms with E-state index in [1.54, 1.807) is 18.2 Å². The molecule has 0 bridgehead atoms. The van der Waals surface area contributed by atoms with Crippen LogP contribution in [0.2, 0.25) is 0 Å². The number of aliphatic carboxylic acids is 1. The van der Waals surface area contributed by atoms with Gasteiger partial charge in [0.15, 0.2) is 5.76 Å². The quantitative estimate of drug-likeness (QED) is 0.502. The first-order valence-electron chi connectivity index (χ1n) is 5.97. The van der Waals surface area contributed by atoms with Crippen molar-refractivity contribution in [2.45, 2.75) is 6.42 Å². The largest absolute Gasteiger partial charge is 0.502 e. The Balaban J connectivity index is 2.11. The van der Waals surface area contributed by atoms with Crippen molar-refractivity contribution in [2.24, 2.45) is 0 Å². The van der Waals surface area contributed by atoms with Crippen molar-refractivity contribution in [1.82, 2.24) is 0 Å². The maximum absolute atomic E-state index is 12.8. The molecule has 0 saturated heterocycles. The van der Waals surface area contributed by atoms with Gasteiger partial charge in [-0.05, 0) is 29.8 Å². The fraction of sp³-hybridized carbons (Fsp3) is 0.0667. The van der Waals surface area contributed by atoms with Crippen LogP contribution in [0, 0.1) is 5.82 Å². The summed E-state index contributed by atoms with van der Waals surface area (Å²) in [6, 6.07) is 8.76. The van der Waals surface area contributed by atoms with Crippen LogP contribution >= 0.6 is 0 Å². The Hall–Kier alpha value is -2.89. The SMILES string of the molecule is O=C(O)C(O)=CC(=O)c1ccc(Cc2ccc(F)cc2)o1. The molecule has 0 aliphatic rings. The van der Waals surface area contributed by atoms with Crippen LogP contribution in [0.4, 0.5) is 4.39 Å². The molecule has 108 valence electrons. The Morgan fingerprint density at radius 3 is 2.38 bits per heavy atom. The van der Waals surface area contributed by atoms with Crippen molar-refractivity contribution in [1.29, 1.82) is 0 Å². The molecule has 2 rings (SSSR count). The maximum atomic E-state index is 12.8. The van der Waals surface area contributed by atoms with Gasteiger partial charge in [0, 0.05) is 12.5 Å². The predicted molar refractivity (Wildman–Crippen MR) is 70.6 cm³/mol. The Morgan fingerprint density at radius 1 is 1.10 bits per heavy atom. The molecule has 1 aromatic heterocycles. The van der Waals surface area contributed by atoms with Crippen LogP contribution in [0.25, 0.3) is 0 Å². The lowest BCUT2D eigenvalue weighted by atomic mass is 10.1. The smallest absolute Gasteiger partial charge is 0.371 e. The van der Waals surface area contributed by atoms with E-state index in [1.165, 1.54) is 18.2 Å². The molecule has 0 atom stereocenters. The average Bonchev–Trinajstić information content (AvgIpc) is 2.90. The number of halogens is 1. The van der Waals surface area contributed by atoms with Gasteiger partial charge in [0.1, 0.15) is 11.6 Å². The number of carboxylic acid groups (broad SMARTS) is 1. The van der Waals surface area contributed by atoms with Crippen LogP contribution in [0.1, 0.15) is 21.9 Å². The molecule has 21 heavy (non-hydrogen) atoms. The van der Waals surface area contributed by atoms with E-state index >= 15 is 0 Å². The lowest BCUT2D eigenvalue weighted by Gasteiger charge is -1.98. The fourth-order valence-corrected chi connectivity index (χ4v) is 1.67. The second-order valence-electron chi connectivity index (χ2n) is 4.27. The minimum Gasteiger partial charge on any atom is -0.502 e. The van der Waals surface area contributed by atoms with Crippen LogP contribution in [0.3, 0.4) is 0 Å². The van der Waals surface area contributed by atoms with Gasteiger partial charge in [-0.25, -0.2) is 9.18 Å². The van der Waals surface area contributed by atoms with Gasteiger partial charge in [-0.15, -0.1) is 0 Å². The molecule has 0 amide bonds. The summed E-state index contributed by atoms with van der Waals surface area (Å²) in [5.41, 5.74) is 0.800. The molecule has 0 saturated carbocycles. The molecule has 1 heterocycles. The average molecular weight is 290 g/mol. The number of allylic oxidation sites excluding steroid dienone is 1. The summed E-state index contributed by atoms with van der Waals surface area (Å²) in [6.07, 6.45) is 0.936. The zero-order chi connectivity index (χ0) is 15.4. The number of aliphatic hydroxyl groups excluding tert-OH is 1. The van der Waals surface area contributed by atoms with E-state index < -0.39 is 17.5 Å². The highest BCUT2D eigenvalue weighted by Gasteiger charge is 2.13. The van der Waals surface area contributed by atoms with Gasteiger partial charge in [0.2, 0.25) is 11.5 Å². The molecule has 2 N–H and O–H groups in total. The highest BCUT2D eigenvalue weighted by Crippen LogP contribution is 2.15. The number of carbonyl (C=O) groups excluding carboxylic acids is 1.